The van der Waals surface area contributed by atoms with E-state index in [4.69, 9.17) is 5.73 Å². The molecule has 2 aromatic heterocycles. The van der Waals surface area contributed by atoms with Gasteiger partial charge >= 0.3 is 0 Å². The molecule has 0 spiro atoms. The van der Waals surface area contributed by atoms with Gasteiger partial charge in [-0.1, -0.05) is 0 Å². The van der Waals surface area contributed by atoms with Crippen LogP contribution >= 0.6 is 0 Å². The highest BCUT2D eigenvalue weighted by molar-refractivity contribution is 5.60. The van der Waals surface area contributed by atoms with Gasteiger partial charge in [0.1, 0.15) is 0 Å². The zero-order chi connectivity index (χ0) is 12.7. The Balaban J connectivity index is 2.08. The minimum Gasteiger partial charge on any atom is -0.328 e. The third kappa shape index (κ3) is 1.82. The van der Waals surface area contributed by atoms with E-state index in [1.54, 1.807) is 0 Å². The molecule has 0 saturated carbocycles. The summed E-state index contributed by atoms with van der Waals surface area (Å²) in [5.74, 6) is 0. The second kappa shape index (κ2) is 4.37. The first-order valence-corrected chi connectivity index (χ1v) is 6.55. The smallest absolute Gasteiger partial charge is 0.0712 e. The molecule has 0 aromatic carbocycles. The number of hydrogen-bond acceptors (Lipinski definition) is 3. The molecule has 3 heterocycles. The van der Waals surface area contributed by atoms with Crippen LogP contribution in [-0.4, -0.2) is 33.9 Å². The molecule has 18 heavy (non-hydrogen) atoms. The number of rotatable bonds is 1. The minimum absolute atomic E-state index is 0.318. The molecule has 0 amide bonds. The summed E-state index contributed by atoms with van der Waals surface area (Å²) in [6.45, 7) is 3.14. The molecule has 2 aromatic rings. The molecular formula is C14H20N4. The number of piperidine rings is 1. The van der Waals surface area contributed by atoms with Gasteiger partial charge in [-0.25, -0.2) is 0 Å². The second-order valence-corrected chi connectivity index (χ2v) is 5.32. The second-order valence-electron chi connectivity index (χ2n) is 5.32. The number of aromatic nitrogens is 2. The molecule has 0 bridgehead atoms. The largest absolute Gasteiger partial charge is 0.328 e. The number of aryl methyl sites for hydroxylation is 1. The molecule has 0 aliphatic carbocycles. The lowest BCUT2D eigenvalue weighted by molar-refractivity contribution is 0.172. The molecule has 1 aliphatic heterocycles. The normalized spacial score (nSPS) is 25.7. The fourth-order valence-electron chi connectivity index (χ4n) is 3.00. The van der Waals surface area contributed by atoms with Gasteiger partial charge in [0, 0.05) is 30.7 Å². The third-order valence-electron chi connectivity index (χ3n) is 4.05. The van der Waals surface area contributed by atoms with E-state index in [1.807, 2.05) is 12.4 Å². The molecule has 2 atom stereocenters. The van der Waals surface area contributed by atoms with Gasteiger partial charge in [0.15, 0.2) is 0 Å². The van der Waals surface area contributed by atoms with E-state index in [2.05, 4.69) is 40.5 Å². The van der Waals surface area contributed by atoms with Gasteiger partial charge < -0.3 is 10.1 Å². The molecule has 2 N–H and O–H groups in total. The maximum absolute atomic E-state index is 6.13. The summed E-state index contributed by atoms with van der Waals surface area (Å²) in [4.78, 5) is 6.82. The van der Waals surface area contributed by atoms with Crippen LogP contribution in [0.3, 0.4) is 0 Å². The topological polar surface area (TPSA) is 46.6 Å². The van der Waals surface area contributed by atoms with Crippen molar-refractivity contribution in [2.45, 2.75) is 31.8 Å². The lowest BCUT2D eigenvalue weighted by Gasteiger charge is -2.35. The van der Waals surface area contributed by atoms with E-state index in [9.17, 15) is 0 Å². The van der Waals surface area contributed by atoms with Gasteiger partial charge in [-0.3, -0.25) is 9.88 Å². The van der Waals surface area contributed by atoms with Crippen molar-refractivity contribution in [3.05, 3.63) is 35.9 Å². The van der Waals surface area contributed by atoms with Crippen LogP contribution in [0.15, 0.2) is 24.7 Å². The standard InChI is InChI=1S/C14H20N4/c1-10-14-12(4-7-18(14)8-5-16-10)13-9-11(15)3-6-17(13)2/h4-5,7-8,11,13H,3,6,9,15H2,1-2H3. The number of hydrogen-bond donors (Lipinski definition) is 1. The van der Waals surface area contributed by atoms with E-state index in [1.165, 1.54) is 11.1 Å². The molecular weight excluding hydrogens is 224 g/mol. The predicted molar refractivity (Wildman–Crippen MR) is 72.5 cm³/mol. The van der Waals surface area contributed by atoms with E-state index in [-0.39, 0.29) is 0 Å². The molecule has 1 saturated heterocycles. The number of likely N-dealkylation sites (tertiary alicyclic amines) is 1. The molecule has 4 nitrogen and oxygen atoms in total. The van der Waals surface area contributed by atoms with Gasteiger partial charge in [0.05, 0.1) is 11.2 Å². The number of nitrogens with two attached hydrogens (primary N) is 1. The maximum atomic E-state index is 6.13. The number of fused-ring (bicyclic) bond motifs is 1. The molecule has 4 heteroatoms. The van der Waals surface area contributed by atoms with Crippen molar-refractivity contribution in [2.75, 3.05) is 13.6 Å². The Bertz CT molecular complexity index is 560. The Labute approximate surface area is 107 Å². The fourth-order valence-corrected chi connectivity index (χ4v) is 3.00. The van der Waals surface area contributed by atoms with Crippen molar-refractivity contribution >= 4 is 5.52 Å². The highest BCUT2D eigenvalue weighted by Gasteiger charge is 2.27. The van der Waals surface area contributed by atoms with Crippen molar-refractivity contribution in [1.29, 1.82) is 0 Å². The van der Waals surface area contributed by atoms with E-state index in [0.717, 1.165) is 25.1 Å². The van der Waals surface area contributed by atoms with Crippen molar-refractivity contribution in [3.8, 4) is 0 Å². The summed E-state index contributed by atoms with van der Waals surface area (Å²) < 4.78 is 2.16. The number of nitrogens with zero attached hydrogens (tertiary/aromatic N) is 3. The summed E-state index contributed by atoms with van der Waals surface area (Å²) in [5.41, 5.74) is 9.81. The summed E-state index contributed by atoms with van der Waals surface area (Å²) in [6.07, 6.45) is 8.10. The Morgan fingerprint density at radius 2 is 2.22 bits per heavy atom. The first-order valence-electron chi connectivity index (χ1n) is 6.55. The summed E-state index contributed by atoms with van der Waals surface area (Å²) in [7, 11) is 2.19. The quantitative estimate of drug-likeness (QED) is 0.831. The molecule has 1 fully saturated rings. The van der Waals surface area contributed by atoms with Crippen LogP contribution in [0, 0.1) is 6.92 Å². The molecule has 2 unspecified atom stereocenters. The monoisotopic (exact) mass is 244 g/mol. The van der Waals surface area contributed by atoms with E-state index in [0.29, 0.717) is 12.1 Å². The van der Waals surface area contributed by atoms with E-state index < -0.39 is 0 Å². The first kappa shape index (κ1) is 11.7. The van der Waals surface area contributed by atoms with Crippen molar-refractivity contribution in [3.63, 3.8) is 0 Å². The van der Waals surface area contributed by atoms with Crippen LogP contribution in [-0.2, 0) is 0 Å². The Kier molecular flexibility index (Phi) is 2.84. The molecule has 96 valence electrons. The SMILES string of the molecule is Cc1nccn2ccc(C3CC(N)CCN3C)c12. The highest BCUT2D eigenvalue weighted by Crippen LogP contribution is 2.32. The van der Waals surface area contributed by atoms with Crippen LogP contribution in [0.25, 0.3) is 5.52 Å². The van der Waals surface area contributed by atoms with Gasteiger partial charge in [-0.15, -0.1) is 0 Å². The van der Waals surface area contributed by atoms with Crippen molar-refractivity contribution in [1.82, 2.24) is 14.3 Å². The maximum Gasteiger partial charge on any atom is 0.0712 e. The lowest BCUT2D eigenvalue weighted by Crippen LogP contribution is -2.39. The Morgan fingerprint density at radius 3 is 3.06 bits per heavy atom. The summed E-state index contributed by atoms with van der Waals surface area (Å²) >= 11 is 0. The zero-order valence-electron chi connectivity index (χ0n) is 11.0. The highest BCUT2D eigenvalue weighted by atomic mass is 15.1. The average molecular weight is 244 g/mol. The molecule has 0 radical (unpaired) electrons. The van der Waals surface area contributed by atoms with Crippen LogP contribution < -0.4 is 5.73 Å². The third-order valence-corrected chi connectivity index (χ3v) is 4.05. The van der Waals surface area contributed by atoms with Gasteiger partial charge in [0.25, 0.3) is 0 Å². The van der Waals surface area contributed by atoms with Gasteiger partial charge in [-0.05, 0) is 45.0 Å². The van der Waals surface area contributed by atoms with Crippen LogP contribution in [0.1, 0.15) is 30.1 Å². The first-order chi connectivity index (χ1) is 8.66. The van der Waals surface area contributed by atoms with Gasteiger partial charge in [-0.2, -0.15) is 0 Å². The average Bonchev–Trinajstić information content (AvgIpc) is 2.77. The fraction of sp³-hybridized carbons (Fsp3) is 0.500. The summed E-state index contributed by atoms with van der Waals surface area (Å²) in [5, 5.41) is 0. The molecule has 3 rings (SSSR count). The van der Waals surface area contributed by atoms with Crippen LogP contribution in [0.5, 0.6) is 0 Å². The summed E-state index contributed by atoms with van der Waals surface area (Å²) in [6, 6.07) is 2.95. The van der Waals surface area contributed by atoms with Crippen LogP contribution in [0.2, 0.25) is 0 Å². The van der Waals surface area contributed by atoms with Crippen LogP contribution in [0.4, 0.5) is 0 Å². The Hall–Kier alpha value is -1.39. The van der Waals surface area contributed by atoms with Crippen molar-refractivity contribution in [2.24, 2.45) is 5.73 Å². The zero-order valence-corrected chi connectivity index (χ0v) is 11.0. The van der Waals surface area contributed by atoms with Gasteiger partial charge in [0.2, 0.25) is 0 Å². The minimum atomic E-state index is 0.318. The molecule has 1 aliphatic rings. The van der Waals surface area contributed by atoms with Crippen molar-refractivity contribution < 1.29 is 0 Å². The Morgan fingerprint density at radius 1 is 1.39 bits per heavy atom. The lowest BCUT2D eigenvalue weighted by atomic mass is 9.93. The van der Waals surface area contributed by atoms with E-state index >= 15 is 0 Å². The predicted octanol–water partition coefficient (Wildman–Crippen LogP) is 1.74.